The van der Waals surface area contributed by atoms with Crippen LogP contribution < -0.4 is 19.9 Å². The number of nitrogens with one attached hydrogen (secondary N) is 1. The summed E-state index contributed by atoms with van der Waals surface area (Å²) in [6, 6.07) is 12.5. The quantitative estimate of drug-likeness (QED) is 0.831. The van der Waals surface area contributed by atoms with Crippen LogP contribution in [-0.2, 0) is 5.54 Å². The van der Waals surface area contributed by atoms with E-state index in [2.05, 4.69) is 5.32 Å². The van der Waals surface area contributed by atoms with Gasteiger partial charge in [0.1, 0.15) is 23.2 Å². The van der Waals surface area contributed by atoms with Crippen LogP contribution in [0.25, 0.3) is 0 Å². The van der Waals surface area contributed by atoms with Crippen LogP contribution in [0, 0.1) is 11.3 Å². The van der Waals surface area contributed by atoms with Gasteiger partial charge in [-0.05, 0) is 29.8 Å². The first-order chi connectivity index (χ1) is 13.8. The van der Waals surface area contributed by atoms with E-state index in [1.54, 1.807) is 30.3 Å². The van der Waals surface area contributed by atoms with Crippen LogP contribution in [0.15, 0.2) is 59.9 Å². The highest BCUT2D eigenvalue weighted by Crippen LogP contribution is 2.52. The molecule has 1 N–H and O–H groups in total. The van der Waals surface area contributed by atoms with Crippen LogP contribution in [0.3, 0.4) is 0 Å². The molecule has 6 nitrogen and oxygen atoms in total. The molecule has 0 aliphatic carbocycles. The molecule has 0 radical (unpaired) electrons. The zero-order valence-electron chi connectivity index (χ0n) is 15.4. The van der Waals surface area contributed by atoms with Crippen molar-refractivity contribution in [2.75, 3.05) is 24.0 Å². The number of hydrogen-bond acceptors (Lipinski definition) is 4. The first kappa shape index (κ1) is 18.7. The Labute approximate surface area is 164 Å². The van der Waals surface area contributed by atoms with Crippen molar-refractivity contribution in [3.63, 3.8) is 0 Å². The van der Waals surface area contributed by atoms with Gasteiger partial charge in [-0.15, -0.1) is 0 Å². The molecule has 2 amide bonds. The van der Waals surface area contributed by atoms with Crippen LogP contribution in [0.2, 0.25) is 0 Å². The summed E-state index contributed by atoms with van der Waals surface area (Å²) in [6.07, 6.45) is -4.98. The number of fused-ring (bicyclic) bond motifs is 3. The van der Waals surface area contributed by atoms with Gasteiger partial charge in [0.2, 0.25) is 5.54 Å². The van der Waals surface area contributed by atoms with Gasteiger partial charge in [-0.1, -0.05) is 24.3 Å². The standard InChI is InChI=1S/C20H15F3N4O2/c1-26-15-5-3-4-6-16(15)27-17(26)14(11-24)19(20(21,22)23,25-18(27)28)12-7-9-13(29-2)10-8-12/h3-10H,1-2H3,(H,25,28)/t19-/m0/s1. The predicted molar refractivity (Wildman–Crippen MR) is 99.2 cm³/mol. The lowest BCUT2D eigenvalue weighted by molar-refractivity contribution is -0.184. The van der Waals surface area contributed by atoms with Gasteiger partial charge in [0, 0.05) is 7.05 Å². The first-order valence-electron chi connectivity index (χ1n) is 8.57. The van der Waals surface area contributed by atoms with Crippen LogP contribution in [-0.4, -0.2) is 26.4 Å². The summed E-state index contributed by atoms with van der Waals surface area (Å²) < 4.78 is 48.6. The third kappa shape index (κ3) is 2.38. The number of anilines is 2. The molecule has 0 fully saturated rings. The van der Waals surface area contributed by atoms with Gasteiger partial charge in [0.25, 0.3) is 0 Å². The highest BCUT2D eigenvalue weighted by molar-refractivity contribution is 6.06. The van der Waals surface area contributed by atoms with E-state index in [-0.39, 0.29) is 11.4 Å². The van der Waals surface area contributed by atoms with Gasteiger partial charge in [0.15, 0.2) is 0 Å². The average molecular weight is 400 g/mol. The molecule has 0 saturated carbocycles. The fourth-order valence-corrected chi connectivity index (χ4v) is 3.81. The van der Waals surface area contributed by atoms with E-state index < -0.39 is 23.3 Å². The number of benzene rings is 2. The molecule has 2 aromatic carbocycles. The molecule has 2 aliphatic rings. The van der Waals surface area contributed by atoms with E-state index in [0.717, 1.165) is 4.90 Å². The summed E-state index contributed by atoms with van der Waals surface area (Å²) in [6.45, 7) is 0. The number of urea groups is 1. The van der Waals surface area contributed by atoms with Gasteiger partial charge in [-0.2, -0.15) is 18.4 Å². The molecular weight excluding hydrogens is 385 g/mol. The summed E-state index contributed by atoms with van der Waals surface area (Å²) in [4.78, 5) is 15.4. The highest BCUT2D eigenvalue weighted by atomic mass is 19.4. The number of nitrogens with zero attached hydrogens (tertiary/aromatic N) is 3. The topological polar surface area (TPSA) is 68.6 Å². The molecule has 0 unspecified atom stereocenters. The maximum absolute atomic E-state index is 14.5. The van der Waals surface area contributed by atoms with Crippen molar-refractivity contribution >= 4 is 17.4 Å². The van der Waals surface area contributed by atoms with Crippen molar-refractivity contribution in [2.24, 2.45) is 0 Å². The minimum Gasteiger partial charge on any atom is -0.497 e. The summed E-state index contributed by atoms with van der Waals surface area (Å²) in [7, 11) is 2.92. The van der Waals surface area contributed by atoms with Gasteiger partial charge in [0.05, 0.1) is 18.5 Å². The van der Waals surface area contributed by atoms with E-state index in [0.29, 0.717) is 17.1 Å². The van der Waals surface area contributed by atoms with E-state index >= 15 is 0 Å². The summed E-state index contributed by atoms with van der Waals surface area (Å²) in [5, 5.41) is 11.9. The molecule has 0 spiro atoms. The number of hydrogen-bond donors (Lipinski definition) is 1. The van der Waals surface area contributed by atoms with Crippen molar-refractivity contribution < 1.29 is 22.7 Å². The molecule has 2 aliphatic heterocycles. The van der Waals surface area contributed by atoms with Crippen LogP contribution in [0.1, 0.15) is 5.56 Å². The maximum atomic E-state index is 14.5. The van der Waals surface area contributed by atoms with Crippen molar-refractivity contribution in [3.05, 3.63) is 65.5 Å². The Bertz CT molecular complexity index is 1070. The maximum Gasteiger partial charge on any atom is 0.421 e. The number of alkyl halides is 3. The van der Waals surface area contributed by atoms with E-state index in [4.69, 9.17) is 4.74 Å². The van der Waals surface area contributed by atoms with Crippen molar-refractivity contribution in [3.8, 4) is 11.8 Å². The van der Waals surface area contributed by atoms with Gasteiger partial charge >= 0.3 is 12.2 Å². The Morgan fingerprint density at radius 2 is 1.72 bits per heavy atom. The van der Waals surface area contributed by atoms with E-state index in [9.17, 15) is 23.2 Å². The molecule has 29 heavy (non-hydrogen) atoms. The molecule has 0 aromatic heterocycles. The summed E-state index contributed by atoms with van der Waals surface area (Å²) >= 11 is 0. The van der Waals surface area contributed by atoms with Gasteiger partial charge < -0.3 is 15.0 Å². The smallest absolute Gasteiger partial charge is 0.421 e. The van der Waals surface area contributed by atoms with Crippen LogP contribution >= 0.6 is 0 Å². The number of ether oxygens (including phenoxy) is 1. The molecule has 9 heteroatoms. The zero-order chi connectivity index (χ0) is 21.0. The molecule has 2 aromatic rings. The number of carbonyl (C=O) groups excluding carboxylic acids is 1. The molecule has 0 saturated heterocycles. The molecule has 0 bridgehead atoms. The van der Waals surface area contributed by atoms with E-state index in [1.807, 2.05) is 0 Å². The average Bonchev–Trinajstić information content (AvgIpc) is 3.00. The number of nitriles is 1. The van der Waals surface area contributed by atoms with Crippen LogP contribution in [0.4, 0.5) is 29.3 Å². The van der Waals surface area contributed by atoms with E-state index in [1.165, 1.54) is 43.3 Å². The lowest BCUT2D eigenvalue weighted by atomic mass is 9.80. The lowest BCUT2D eigenvalue weighted by Crippen LogP contribution is -2.64. The first-order valence-corrected chi connectivity index (χ1v) is 8.57. The normalized spacial score (nSPS) is 20.8. The van der Waals surface area contributed by atoms with Gasteiger partial charge in [-0.3, -0.25) is 0 Å². The second kappa shape index (κ2) is 6.17. The fourth-order valence-electron chi connectivity index (χ4n) is 3.81. The number of halogens is 3. The molecule has 1 atom stereocenters. The Hall–Kier alpha value is -3.67. The van der Waals surface area contributed by atoms with Gasteiger partial charge in [-0.25, -0.2) is 9.69 Å². The Balaban J connectivity index is 2.04. The SMILES string of the molecule is COc1ccc([C@]2(C(F)(F)F)NC(=O)N3C(=C2C#N)N(C)c2ccccc23)cc1. The number of carbonyl (C=O) groups is 1. The Morgan fingerprint density at radius 3 is 2.28 bits per heavy atom. The molecule has 4 rings (SSSR count). The summed E-state index contributed by atoms with van der Waals surface area (Å²) in [5.74, 6) is 0.233. The number of para-hydroxylation sites is 2. The second-order valence-corrected chi connectivity index (χ2v) is 6.60. The molecule has 148 valence electrons. The third-order valence-electron chi connectivity index (χ3n) is 5.17. The number of rotatable bonds is 2. The van der Waals surface area contributed by atoms with Crippen molar-refractivity contribution in [1.29, 1.82) is 5.26 Å². The zero-order valence-corrected chi connectivity index (χ0v) is 15.4. The number of methoxy groups -OCH3 is 1. The minimum absolute atomic E-state index is 0.120. The van der Waals surface area contributed by atoms with Crippen molar-refractivity contribution in [2.45, 2.75) is 11.7 Å². The lowest BCUT2D eigenvalue weighted by Gasteiger charge is -2.43. The highest BCUT2D eigenvalue weighted by Gasteiger charge is 2.65. The molecule has 2 heterocycles. The second-order valence-electron chi connectivity index (χ2n) is 6.60. The largest absolute Gasteiger partial charge is 0.497 e. The third-order valence-corrected chi connectivity index (χ3v) is 5.17. The summed E-state index contributed by atoms with van der Waals surface area (Å²) in [5.41, 5.74) is -2.97. The Kier molecular flexibility index (Phi) is 3.97. The Morgan fingerprint density at radius 1 is 1.10 bits per heavy atom. The fraction of sp³-hybridized carbons (Fsp3) is 0.200. The number of amides is 2. The minimum atomic E-state index is -4.98. The predicted octanol–water partition coefficient (Wildman–Crippen LogP) is 3.87. The van der Waals surface area contributed by atoms with Crippen molar-refractivity contribution in [1.82, 2.24) is 5.32 Å². The molecular formula is C20H15F3N4O2. The van der Waals surface area contributed by atoms with Crippen LogP contribution in [0.5, 0.6) is 5.75 Å². The monoisotopic (exact) mass is 400 g/mol.